The molecule has 0 saturated carbocycles. The predicted octanol–water partition coefficient (Wildman–Crippen LogP) is 0.859. The number of amides is 1. The van der Waals surface area contributed by atoms with Crippen LogP contribution in [0, 0.1) is 0 Å². The van der Waals surface area contributed by atoms with E-state index in [9.17, 15) is 4.79 Å². The molecule has 5 heteroatoms. The van der Waals surface area contributed by atoms with E-state index in [2.05, 4.69) is 10.6 Å². The molecule has 0 aromatic heterocycles. The fourth-order valence-electron chi connectivity index (χ4n) is 0.664. The molecule has 0 aromatic carbocycles. The Hall–Kier alpha value is 0.120. The van der Waals surface area contributed by atoms with Crippen molar-refractivity contribution in [1.82, 2.24) is 10.6 Å². The normalized spacial score (nSPS) is 9.08. The molecule has 1 amide bonds. The van der Waals surface area contributed by atoms with Gasteiger partial charge in [0.2, 0.25) is 5.91 Å². The second-order valence-electron chi connectivity index (χ2n) is 2.42. The van der Waals surface area contributed by atoms with E-state index in [1.54, 1.807) is 0 Å². The van der Waals surface area contributed by atoms with Crippen LogP contribution in [-0.4, -0.2) is 39.3 Å². The van der Waals surface area contributed by atoms with Crippen LogP contribution in [0.1, 0.15) is 16.2 Å². The van der Waals surface area contributed by atoms with Gasteiger partial charge in [-0.15, -0.1) is 24.0 Å². The van der Waals surface area contributed by atoms with Crippen molar-refractivity contribution < 1.29 is 12.4 Å². The summed E-state index contributed by atoms with van der Waals surface area (Å²) in [6, 6.07) is 0. The second-order valence-corrected chi connectivity index (χ2v) is 2.42. The summed E-state index contributed by atoms with van der Waals surface area (Å²) in [5.41, 5.74) is 0. The molecule has 0 atom stereocenters. The number of hydrogen-bond donors (Lipinski definition) is 2. The highest BCUT2D eigenvalue weighted by Gasteiger charge is 1.93. The molecule has 0 rings (SSSR count). The van der Waals surface area contributed by atoms with Crippen molar-refractivity contribution in [2.24, 2.45) is 0 Å². The maximum Gasteiger partial charge on any atom is 0.219 e. The van der Waals surface area contributed by atoms with Gasteiger partial charge >= 0.3 is 0 Å². The number of nitrogens with one attached hydrogen (secondary N) is 2. The molecule has 0 spiro atoms. The average molecular weight is 306 g/mol. The third kappa shape index (κ3) is 12.1. The molecule has 0 aliphatic rings. The molecule has 0 bridgehead atoms. The van der Waals surface area contributed by atoms with Crippen LogP contribution in [0.2, 0.25) is 0 Å². The quantitative estimate of drug-likeness (QED) is 0.542. The van der Waals surface area contributed by atoms with Crippen LogP contribution in [0.25, 0.3) is 0 Å². The van der Waals surface area contributed by atoms with Crippen molar-refractivity contribution in [3.63, 3.8) is 0 Å². The number of likely N-dealkylation sites (N-methyl/N-ethyl adjacent to an activating group) is 1. The lowest BCUT2D eigenvalue weighted by Gasteiger charge is -2.04. The van der Waals surface area contributed by atoms with Gasteiger partial charge in [0.1, 0.15) is 0 Å². The van der Waals surface area contributed by atoms with E-state index < -0.39 is 0 Å². The molecule has 84 valence electrons. The summed E-state index contributed by atoms with van der Waals surface area (Å²) in [6.07, 6.45) is 0.538. The molecular formula is C8H23IN2O2. The summed E-state index contributed by atoms with van der Waals surface area (Å²) in [6.45, 7) is 4.57. The summed E-state index contributed by atoms with van der Waals surface area (Å²) in [5.74, 6) is 0.0761. The minimum atomic E-state index is 0. The summed E-state index contributed by atoms with van der Waals surface area (Å²) >= 11 is 0. The van der Waals surface area contributed by atoms with Gasteiger partial charge in [-0.3, -0.25) is 4.79 Å². The zero-order valence-corrected chi connectivity index (χ0v) is 10.6. The molecule has 0 unspecified atom stereocenters. The molecule has 0 aliphatic carbocycles. The summed E-state index contributed by atoms with van der Waals surface area (Å²) in [4.78, 5) is 10.7. The summed E-state index contributed by atoms with van der Waals surface area (Å²) < 4.78 is 5.19. The van der Waals surface area contributed by atoms with Gasteiger partial charge < -0.3 is 15.4 Å². The van der Waals surface area contributed by atoms with Crippen molar-refractivity contribution in [1.29, 1.82) is 0 Å². The van der Waals surface area contributed by atoms with E-state index in [0.717, 1.165) is 6.54 Å². The third-order valence-corrected chi connectivity index (χ3v) is 1.39. The van der Waals surface area contributed by atoms with Crippen LogP contribution in [0.4, 0.5) is 0 Å². The second kappa shape index (κ2) is 12.1. The van der Waals surface area contributed by atoms with Gasteiger partial charge in [0.05, 0.1) is 13.2 Å². The van der Waals surface area contributed by atoms with Gasteiger partial charge in [0.15, 0.2) is 0 Å². The number of carbonyl (C=O) groups is 1. The first-order valence-electron chi connectivity index (χ1n) is 4.30. The fourth-order valence-corrected chi connectivity index (χ4v) is 0.664. The molecule has 0 heterocycles. The van der Waals surface area contributed by atoms with E-state index in [1.165, 1.54) is 0 Å². The van der Waals surface area contributed by atoms with Gasteiger partial charge in [-0.2, -0.15) is 0 Å². The minimum Gasteiger partial charge on any atom is -0.378 e. The van der Waals surface area contributed by atoms with Crippen LogP contribution < -0.4 is 10.6 Å². The van der Waals surface area contributed by atoms with E-state index in [-0.39, 0.29) is 32.7 Å². The lowest BCUT2D eigenvalue weighted by Crippen LogP contribution is -2.27. The lowest BCUT2D eigenvalue weighted by molar-refractivity contribution is -0.121. The Labute approximate surface area is 99.8 Å². The van der Waals surface area contributed by atoms with Gasteiger partial charge in [0, 0.05) is 22.4 Å². The first-order valence-corrected chi connectivity index (χ1v) is 4.30. The highest BCUT2D eigenvalue weighted by Crippen LogP contribution is 1.75. The predicted molar refractivity (Wildman–Crippen MR) is 67.7 cm³/mol. The average Bonchev–Trinajstić information content (AvgIpc) is 2.10. The van der Waals surface area contributed by atoms with Crippen LogP contribution in [0.5, 0.6) is 0 Å². The van der Waals surface area contributed by atoms with Crippen molar-refractivity contribution >= 4 is 29.9 Å². The molecule has 0 radical (unpaired) electrons. The molecule has 4 nitrogen and oxygen atoms in total. The Morgan fingerprint density at radius 2 is 2.00 bits per heavy atom. The monoisotopic (exact) mass is 306 g/mol. The number of rotatable bonds is 7. The highest BCUT2D eigenvalue weighted by molar-refractivity contribution is 14.0. The van der Waals surface area contributed by atoms with Crippen molar-refractivity contribution in [2.45, 2.75) is 13.3 Å². The molecule has 2 N–H and O–H groups in total. The Bertz CT molecular complexity index is 131. The van der Waals surface area contributed by atoms with E-state index in [0.29, 0.717) is 26.2 Å². The number of ether oxygens (including phenoxy) is 1. The van der Waals surface area contributed by atoms with Crippen molar-refractivity contribution in [3.05, 3.63) is 0 Å². The molecule has 0 aliphatic heterocycles. The van der Waals surface area contributed by atoms with Crippen LogP contribution in [-0.2, 0) is 9.53 Å². The van der Waals surface area contributed by atoms with Crippen molar-refractivity contribution in [3.8, 4) is 0 Å². The minimum absolute atomic E-state index is 0. The van der Waals surface area contributed by atoms with Gasteiger partial charge in [-0.05, 0) is 7.05 Å². The zero-order chi connectivity index (χ0) is 9.23. The number of halogens is 1. The smallest absolute Gasteiger partial charge is 0.219 e. The molecule has 0 aromatic rings. The maximum absolute atomic E-state index is 10.7. The van der Waals surface area contributed by atoms with Crippen LogP contribution in [0.15, 0.2) is 0 Å². The Morgan fingerprint density at radius 1 is 1.38 bits per heavy atom. The van der Waals surface area contributed by atoms with E-state index >= 15 is 0 Å². The topological polar surface area (TPSA) is 50.4 Å². The van der Waals surface area contributed by atoms with Gasteiger partial charge in [-0.1, -0.05) is 6.92 Å². The lowest BCUT2D eigenvalue weighted by atomic mass is 10.4. The Kier molecular flexibility index (Phi) is 14.5. The number of carbonyl (C=O) groups excluding carboxylic acids is 1. The van der Waals surface area contributed by atoms with Crippen LogP contribution >= 0.6 is 24.0 Å². The van der Waals surface area contributed by atoms with Gasteiger partial charge in [0.25, 0.3) is 0 Å². The standard InChI is InChI=1S/C8H18N2O2.HI.2H2/c1-3-8(11)10-5-7-12-6-4-9-2;;;/h9H,3-7H2,1-2H3,(H,10,11);3*1H. The number of hydrogen-bond acceptors (Lipinski definition) is 3. The molecular weight excluding hydrogens is 283 g/mol. The fraction of sp³-hybridized carbons (Fsp3) is 0.875. The van der Waals surface area contributed by atoms with E-state index in [1.807, 2.05) is 14.0 Å². The van der Waals surface area contributed by atoms with Gasteiger partial charge in [-0.25, -0.2) is 0 Å². The SMILES string of the molecule is CCC(=O)NCCOCCNC.I.[HH].[HH]. The van der Waals surface area contributed by atoms with E-state index in [4.69, 9.17) is 4.74 Å². The zero-order valence-electron chi connectivity index (χ0n) is 8.26. The first kappa shape index (κ1) is 15.6. The first-order chi connectivity index (χ1) is 5.81. The Balaban J connectivity index is -0.000000202. The Morgan fingerprint density at radius 3 is 2.54 bits per heavy atom. The largest absolute Gasteiger partial charge is 0.378 e. The summed E-state index contributed by atoms with van der Waals surface area (Å²) in [7, 11) is 1.88. The maximum atomic E-state index is 10.7. The van der Waals surface area contributed by atoms with Crippen molar-refractivity contribution in [2.75, 3.05) is 33.4 Å². The van der Waals surface area contributed by atoms with Crippen LogP contribution in [0.3, 0.4) is 0 Å². The summed E-state index contributed by atoms with van der Waals surface area (Å²) in [5, 5.41) is 5.69. The molecule has 0 saturated heterocycles. The molecule has 13 heavy (non-hydrogen) atoms. The highest BCUT2D eigenvalue weighted by atomic mass is 127. The molecule has 0 fully saturated rings. The third-order valence-electron chi connectivity index (χ3n) is 1.39.